The monoisotopic (exact) mass is 495 g/mol. The molecule has 0 heterocycles. The van der Waals surface area contributed by atoms with Crippen molar-refractivity contribution in [2.45, 2.75) is 0 Å². The molecule has 0 bridgehead atoms. The Balaban J connectivity index is 1.82. The number of hydrogen-bond acceptors (Lipinski definition) is 4. The predicted molar refractivity (Wildman–Crippen MR) is 107 cm³/mol. The molecule has 2 aromatic carbocycles. The van der Waals surface area contributed by atoms with E-state index in [1.54, 1.807) is 42.5 Å². The molecule has 1 amide bonds. The smallest absolute Gasteiger partial charge is 0.407 e. The lowest BCUT2D eigenvalue weighted by Crippen LogP contribution is -2.29. The Morgan fingerprint density at radius 1 is 1.08 bits per heavy atom. The Morgan fingerprint density at radius 2 is 1.88 bits per heavy atom. The van der Waals surface area contributed by atoms with Crippen LogP contribution in [0.15, 0.2) is 42.5 Å². The van der Waals surface area contributed by atoms with Crippen molar-refractivity contribution in [3.8, 4) is 17.2 Å². The van der Waals surface area contributed by atoms with Gasteiger partial charge in [-0.2, -0.15) is 0 Å². The van der Waals surface area contributed by atoms with Crippen molar-refractivity contribution in [3.63, 3.8) is 0 Å². The Labute approximate surface area is 169 Å². The van der Waals surface area contributed by atoms with Crippen LogP contribution in [0.25, 0.3) is 0 Å². The standard InChI is InChI=1S/C17H16Cl2INO4/c18-12-2-1-3-13(10-12)25-14-4-5-16(15(19)11-14)23-9-7-21-17(22)24-8-6-20/h1-5,10-11H,6-9H2,(H,21,22). The van der Waals surface area contributed by atoms with Crippen molar-refractivity contribution in [3.05, 3.63) is 52.5 Å². The number of rotatable bonds is 8. The zero-order chi connectivity index (χ0) is 18.1. The van der Waals surface area contributed by atoms with Gasteiger partial charge in [0.25, 0.3) is 0 Å². The third kappa shape index (κ3) is 7.17. The van der Waals surface area contributed by atoms with Crippen molar-refractivity contribution in [2.24, 2.45) is 0 Å². The molecule has 8 heteroatoms. The summed E-state index contributed by atoms with van der Waals surface area (Å²) in [6, 6.07) is 12.2. The molecule has 0 aromatic heterocycles. The van der Waals surface area contributed by atoms with Gasteiger partial charge >= 0.3 is 6.09 Å². The zero-order valence-corrected chi connectivity index (χ0v) is 16.8. The molecule has 2 aromatic rings. The minimum absolute atomic E-state index is 0.271. The number of nitrogens with one attached hydrogen (secondary N) is 1. The van der Waals surface area contributed by atoms with Crippen molar-refractivity contribution >= 4 is 51.9 Å². The number of carbonyl (C=O) groups excluding carboxylic acids is 1. The highest BCUT2D eigenvalue weighted by atomic mass is 127. The van der Waals surface area contributed by atoms with E-state index < -0.39 is 6.09 Å². The van der Waals surface area contributed by atoms with Gasteiger partial charge in [0, 0.05) is 15.5 Å². The number of hydrogen-bond donors (Lipinski definition) is 1. The van der Waals surface area contributed by atoms with Gasteiger partial charge in [0.15, 0.2) is 0 Å². The van der Waals surface area contributed by atoms with Gasteiger partial charge in [-0.1, -0.05) is 51.9 Å². The van der Waals surface area contributed by atoms with Crippen LogP contribution in [0.2, 0.25) is 10.0 Å². The maximum absolute atomic E-state index is 11.3. The summed E-state index contributed by atoms with van der Waals surface area (Å²) in [6.45, 7) is 0.970. The highest BCUT2D eigenvalue weighted by molar-refractivity contribution is 14.1. The molecule has 134 valence electrons. The topological polar surface area (TPSA) is 56.8 Å². The molecule has 0 aliphatic heterocycles. The van der Waals surface area contributed by atoms with Crippen LogP contribution in [0.1, 0.15) is 0 Å². The van der Waals surface area contributed by atoms with E-state index in [-0.39, 0.29) is 6.61 Å². The molecular formula is C17H16Cl2INO4. The van der Waals surface area contributed by atoms with Gasteiger partial charge in [0.05, 0.1) is 11.6 Å². The fourth-order valence-electron chi connectivity index (χ4n) is 1.83. The maximum atomic E-state index is 11.3. The van der Waals surface area contributed by atoms with Crippen LogP contribution in [0.4, 0.5) is 4.79 Å². The Hall–Kier alpha value is -1.38. The highest BCUT2D eigenvalue weighted by Gasteiger charge is 2.06. The summed E-state index contributed by atoms with van der Waals surface area (Å²) in [4.78, 5) is 11.3. The zero-order valence-electron chi connectivity index (χ0n) is 13.1. The summed E-state index contributed by atoms with van der Waals surface area (Å²) in [6.07, 6.45) is -0.461. The Kier molecular flexibility index (Phi) is 8.43. The second kappa shape index (κ2) is 10.6. The van der Waals surface area contributed by atoms with E-state index in [0.29, 0.717) is 40.4 Å². The summed E-state index contributed by atoms with van der Waals surface area (Å²) in [5.74, 6) is 1.69. The lowest BCUT2D eigenvalue weighted by molar-refractivity contribution is 0.151. The molecule has 0 atom stereocenters. The predicted octanol–water partition coefficient (Wildman–Crippen LogP) is 5.33. The molecule has 1 N–H and O–H groups in total. The third-order valence-corrected chi connectivity index (χ3v) is 3.85. The maximum Gasteiger partial charge on any atom is 0.407 e. The van der Waals surface area contributed by atoms with E-state index in [9.17, 15) is 4.79 Å². The van der Waals surface area contributed by atoms with E-state index in [4.69, 9.17) is 37.4 Å². The van der Waals surface area contributed by atoms with Crippen LogP contribution >= 0.6 is 45.8 Å². The minimum Gasteiger partial charge on any atom is -0.490 e. The highest BCUT2D eigenvalue weighted by Crippen LogP contribution is 2.31. The van der Waals surface area contributed by atoms with Crippen molar-refractivity contribution in [2.75, 3.05) is 24.2 Å². The van der Waals surface area contributed by atoms with Crippen LogP contribution in [0.3, 0.4) is 0 Å². The van der Waals surface area contributed by atoms with Crippen LogP contribution < -0.4 is 14.8 Å². The van der Waals surface area contributed by atoms with E-state index in [1.807, 2.05) is 0 Å². The molecule has 0 spiro atoms. The summed E-state index contributed by atoms with van der Waals surface area (Å²) in [5.41, 5.74) is 0. The molecule has 0 aliphatic carbocycles. The lowest BCUT2D eigenvalue weighted by Gasteiger charge is -2.11. The van der Waals surface area contributed by atoms with E-state index in [1.165, 1.54) is 0 Å². The SMILES string of the molecule is O=C(NCCOc1ccc(Oc2cccc(Cl)c2)cc1Cl)OCCI. The number of alkyl halides is 1. The van der Waals surface area contributed by atoms with Gasteiger partial charge in [-0.05, 0) is 30.3 Å². The number of alkyl carbamates (subject to hydrolysis) is 1. The molecule has 0 unspecified atom stereocenters. The molecule has 0 saturated heterocycles. The van der Waals surface area contributed by atoms with Gasteiger partial charge in [0.2, 0.25) is 0 Å². The Bertz CT molecular complexity index is 715. The summed E-state index contributed by atoms with van der Waals surface area (Å²) in [5, 5.41) is 3.59. The molecule has 5 nitrogen and oxygen atoms in total. The van der Waals surface area contributed by atoms with Crippen molar-refractivity contribution < 1.29 is 19.0 Å². The number of carbonyl (C=O) groups is 1. The van der Waals surface area contributed by atoms with Crippen molar-refractivity contribution in [1.29, 1.82) is 0 Å². The number of ether oxygens (including phenoxy) is 3. The van der Waals surface area contributed by atoms with Gasteiger partial charge in [-0.15, -0.1) is 0 Å². The fraction of sp³-hybridized carbons (Fsp3) is 0.235. The quantitative estimate of drug-likeness (QED) is 0.305. The second-order valence-corrected chi connectivity index (χ2v) is 6.67. The first kappa shape index (κ1) is 19.9. The van der Waals surface area contributed by atoms with Crippen LogP contribution in [0.5, 0.6) is 17.2 Å². The average molecular weight is 496 g/mol. The first-order valence-corrected chi connectivity index (χ1v) is 9.69. The molecule has 2 rings (SSSR count). The third-order valence-electron chi connectivity index (χ3n) is 2.87. The molecular weight excluding hydrogens is 480 g/mol. The lowest BCUT2D eigenvalue weighted by atomic mass is 10.3. The summed E-state index contributed by atoms with van der Waals surface area (Å²) >= 11 is 14.2. The second-order valence-electron chi connectivity index (χ2n) is 4.75. The van der Waals surface area contributed by atoms with Gasteiger partial charge in [-0.3, -0.25) is 0 Å². The summed E-state index contributed by atoms with van der Waals surface area (Å²) in [7, 11) is 0. The molecule has 0 fully saturated rings. The molecule has 0 radical (unpaired) electrons. The van der Waals surface area contributed by atoms with Crippen molar-refractivity contribution in [1.82, 2.24) is 5.32 Å². The average Bonchev–Trinajstić information content (AvgIpc) is 2.58. The van der Waals surface area contributed by atoms with Gasteiger partial charge < -0.3 is 19.5 Å². The largest absolute Gasteiger partial charge is 0.490 e. The number of halogens is 3. The van der Waals surface area contributed by atoms with Crippen LogP contribution in [-0.4, -0.2) is 30.3 Å². The van der Waals surface area contributed by atoms with Crippen LogP contribution in [0, 0.1) is 0 Å². The fourth-order valence-corrected chi connectivity index (χ4v) is 2.45. The molecule has 25 heavy (non-hydrogen) atoms. The first-order valence-electron chi connectivity index (χ1n) is 7.41. The normalized spacial score (nSPS) is 10.2. The summed E-state index contributed by atoms with van der Waals surface area (Å²) < 4.78 is 16.9. The van der Waals surface area contributed by atoms with Gasteiger partial charge in [-0.25, -0.2) is 4.79 Å². The van der Waals surface area contributed by atoms with Crippen LogP contribution in [-0.2, 0) is 4.74 Å². The van der Waals surface area contributed by atoms with E-state index in [2.05, 4.69) is 27.9 Å². The number of benzene rings is 2. The van der Waals surface area contributed by atoms with Gasteiger partial charge in [0.1, 0.15) is 30.5 Å². The Morgan fingerprint density at radius 3 is 2.60 bits per heavy atom. The molecule has 0 aliphatic rings. The van der Waals surface area contributed by atoms with E-state index in [0.717, 1.165) is 4.43 Å². The first-order chi connectivity index (χ1) is 12.1. The molecule has 0 saturated carbocycles. The van der Waals surface area contributed by atoms with E-state index >= 15 is 0 Å². The number of amides is 1. The minimum atomic E-state index is -0.461.